The molecule has 3 heteroatoms. The Labute approximate surface area is 117 Å². The maximum absolute atomic E-state index is 6.14. The van der Waals surface area contributed by atoms with Crippen molar-refractivity contribution in [3.63, 3.8) is 0 Å². The van der Waals surface area contributed by atoms with Gasteiger partial charge in [-0.15, -0.1) is 0 Å². The van der Waals surface area contributed by atoms with Crippen molar-refractivity contribution in [3.8, 4) is 5.75 Å². The Bertz CT molecular complexity index is 403. The zero-order valence-electron chi connectivity index (χ0n) is 10.3. The zero-order valence-corrected chi connectivity index (χ0v) is 12.6. The van der Waals surface area contributed by atoms with Gasteiger partial charge in [-0.3, -0.25) is 0 Å². The van der Waals surface area contributed by atoms with Crippen LogP contribution in [0.3, 0.4) is 0 Å². The largest absolute Gasteiger partial charge is 0.493 e. The molecule has 1 aliphatic rings. The molecular weight excluding hydrogens is 300 g/mol. The Morgan fingerprint density at radius 3 is 2.88 bits per heavy atom. The fourth-order valence-corrected chi connectivity index (χ4v) is 2.65. The first-order chi connectivity index (χ1) is 8.08. The van der Waals surface area contributed by atoms with Crippen LogP contribution >= 0.6 is 27.5 Å². The summed E-state index contributed by atoms with van der Waals surface area (Å²) >= 11 is 9.86. The van der Waals surface area contributed by atoms with Crippen LogP contribution in [0.5, 0.6) is 5.75 Å². The monoisotopic (exact) mass is 316 g/mol. The molecule has 1 unspecified atom stereocenters. The Hall–Kier alpha value is -0.210. The topological polar surface area (TPSA) is 9.23 Å². The summed E-state index contributed by atoms with van der Waals surface area (Å²) in [6.07, 6.45) is 3.13. The van der Waals surface area contributed by atoms with Crippen molar-refractivity contribution in [2.75, 3.05) is 6.61 Å². The fourth-order valence-electron chi connectivity index (χ4n) is 2.16. The molecule has 0 N–H and O–H groups in total. The maximum atomic E-state index is 6.14. The molecule has 0 radical (unpaired) electrons. The fraction of sp³-hybridized carbons (Fsp3) is 0.571. The summed E-state index contributed by atoms with van der Waals surface area (Å²) in [7, 11) is 0. The summed E-state index contributed by atoms with van der Waals surface area (Å²) in [5.74, 6) is 1.74. The molecule has 0 fully saturated rings. The number of ether oxygens (including phenoxy) is 1. The molecule has 0 bridgehead atoms. The molecule has 17 heavy (non-hydrogen) atoms. The summed E-state index contributed by atoms with van der Waals surface area (Å²) in [4.78, 5) is 0.554. The van der Waals surface area contributed by atoms with E-state index in [9.17, 15) is 0 Å². The van der Waals surface area contributed by atoms with Crippen LogP contribution in [0, 0.1) is 5.92 Å². The second-order valence-corrected chi connectivity index (χ2v) is 6.56. The molecule has 1 heterocycles. The molecule has 2 rings (SSSR count). The molecule has 1 aromatic rings. The Morgan fingerprint density at radius 2 is 2.18 bits per heavy atom. The van der Waals surface area contributed by atoms with Gasteiger partial charge < -0.3 is 4.74 Å². The van der Waals surface area contributed by atoms with Gasteiger partial charge in [-0.2, -0.15) is 0 Å². The van der Waals surface area contributed by atoms with Gasteiger partial charge in [0.2, 0.25) is 0 Å². The lowest BCUT2D eigenvalue weighted by molar-refractivity contribution is 0.353. The molecule has 0 saturated carbocycles. The van der Waals surface area contributed by atoms with Crippen LogP contribution in [0.15, 0.2) is 12.1 Å². The van der Waals surface area contributed by atoms with E-state index in [0.29, 0.717) is 10.7 Å². The van der Waals surface area contributed by atoms with Gasteiger partial charge in [0.25, 0.3) is 0 Å². The minimum atomic E-state index is 0.554. The molecule has 1 aliphatic heterocycles. The normalized spacial score (nSPS) is 15.8. The van der Waals surface area contributed by atoms with Crippen LogP contribution in [0.25, 0.3) is 0 Å². The van der Waals surface area contributed by atoms with E-state index in [1.807, 2.05) is 12.1 Å². The van der Waals surface area contributed by atoms with Crippen LogP contribution in [-0.2, 0) is 12.8 Å². The lowest BCUT2D eigenvalue weighted by atomic mass is 10.00. The van der Waals surface area contributed by atoms with Gasteiger partial charge in [0.1, 0.15) is 5.75 Å². The average Bonchev–Trinajstić information content (AvgIpc) is 2.72. The third kappa shape index (κ3) is 3.17. The second kappa shape index (κ2) is 5.62. The second-order valence-electron chi connectivity index (χ2n) is 4.95. The molecular formula is C14H18BrClO. The number of hydrogen-bond donors (Lipinski definition) is 0. The average molecular weight is 318 g/mol. The highest BCUT2D eigenvalue weighted by Gasteiger charge is 2.18. The minimum absolute atomic E-state index is 0.554. The Balaban J connectivity index is 2.11. The van der Waals surface area contributed by atoms with Crippen molar-refractivity contribution in [1.82, 2.24) is 0 Å². The molecule has 1 aromatic carbocycles. The van der Waals surface area contributed by atoms with Crippen molar-refractivity contribution < 1.29 is 4.74 Å². The molecule has 0 aliphatic carbocycles. The van der Waals surface area contributed by atoms with Crippen LogP contribution in [-0.4, -0.2) is 11.4 Å². The van der Waals surface area contributed by atoms with Crippen molar-refractivity contribution in [2.45, 2.75) is 37.9 Å². The quantitative estimate of drug-likeness (QED) is 0.736. The van der Waals surface area contributed by atoms with Gasteiger partial charge in [0.05, 0.1) is 6.61 Å². The van der Waals surface area contributed by atoms with Crippen molar-refractivity contribution >= 4 is 27.5 Å². The number of fused-ring (bicyclic) bond motifs is 1. The summed E-state index contributed by atoms with van der Waals surface area (Å²) < 4.78 is 5.70. The van der Waals surface area contributed by atoms with Crippen molar-refractivity contribution in [1.29, 1.82) is 0 Å². The summed E-state index contributed by atoms with van der Waals surface area (Å²) in [6.45, 7) is 5.27. The minimum Gasteiger partial charge on any atom is -0.493 e. The van der Waals surface area contributed by atoms with E-state index in [1.54, 1.807) is 0 Å². The number of hydrogen-bond acceptors (Lipinski definition) is 1. The summed E-state index contributed by atoms with van der Waals surface area (Å²) in [5, 5.41) is 0.833. The van der Waals surface area contributed by atoms with E-state index in [0.717, 1.165) is 36.6 Å². The highest BCUT2D eigenvalue weighted by atomic mass is 79.9. The lowest BCUT2D eigenvalue weighted by Crippen LogP contribution is -2.08. The van der Waals surface area contributed by atoms with E-state index in [1.165, 1.54) is 11.1 Å². The Kier molecular flexibility index (Phi) is 4.37. The van der Waals surface area contributed by atoms with Gasteiger partial charge in [-0.25, -0.2) is 0 Å². The van der Waals surface area contributed by atoms with E-state index < -0.39 is 0 Å². The third-order valence-electron chi connectivity index (χ3n) is 3.24. The molecule has 0 amide bonds. The number of alkyl halides is 1. The van der Waals surface area contributed by atoms with E-state index in [-0.39, 0.29) is 0 Å². The molecule has 0 spiro atoms. The Morgan fingerprint density at radius 1 is 1.41 bits per heavy atom. The molecule has 94 valence electrons. The predicted octanol–water partition coefficient (Wildman–Crippen LogP) is 4.63. The van der Waals surface area contributed by atoms with Gasteiger partial charge in [-0.05, 0) is 42.0 Å². The van der Waals surface area contributed by atoms with E-state index >= 15 is 0 Å². The summed E-state index contributed by atoms with van der Waals surface area (Å²) in [6, 6.07) is 4.08. The zero-order chi connectivity index (χ0) is 12.4. The third-order valence-corrected chi connectivity index (χ3v) is 4.97. The number of rotatable bonds is 4. The van der Waals surface area contributed by atoms with Gasteiger partial charge >= 0.3 is 0 Å². The van der Waals surface area contributed by atoms with Gasteiger partial charge in [0.15, 0.2) is 0 Å². The van der Waals surface area contributed by atoms with Crippen molar-refractivity contribution in [2.24, 2.45) is 5.92 Å². The first-order valence-corrected chi connectivity index (χ1v) is 7.45. The predicted molar refractivity (Wildman–Crippen MR) is 76.5 cm³/mol. The van der Waals surface area contributed by atoms with Gasteiger partial charge in [0, 0.05) is 16.3 Å². The first-order valence-electron chi connectivity index (χ1n) is 6.16. The SMILES string of the molecule is CC(C)C(Br)CCc1cc(Cl)cc2c1OCC2. The number of benzene rings is 1. The molecule has 1 atom stereocenters. The molecule has 0 aromatic heterocycles. The molecule has 1 nitrogen and oxygen atoms in total. The van der Waals surface area contributed by atoms with Gasteiger partial charge in [-0.1, -0.05) is 41.4 Å². The van der Waals surface area contributed by atoms with Crippen LogP contribution < -0.4 is 4.74 Å². The first kappa shape index (κ1) is 13.2. The number of halogens is 2. The van der Waals surface area contributed by atoms with Crippen LogP contribution in [0.4, 0.5) is 0 Å². The maximum Gasteiger partial charge on any atom is 0.125 e. The van der Waals surface area contributed by atoms with E-state index in [4.69, 9.17) is 16.3 Å². The smallest absolute Gasteiger partial charge is 0.125 e. The van der Waals surface area contributed by atoms with E-state index in [2.05, 4.69) is 29.8 Å². The number of aryl methyl sites for hydroxylation is 1. The highest BCUT2D eigenvalue weighted by molar-refractivity contribution is 9.09. The highest BCUT2D eigenvalue weighted by Crippen LogP contribution is 2.34. The van der Waals surface area contributed by atoms with Crippen LogP contribution in [0.1, 0.15) is 31.4 Å². The summed E-state index contributed by atoms with van der Waals surface area (Å²) in [5.41, 5.74) is 2.53. The lowest BCUT2D eigenvalue weighted by Gasteiger charge is -2.15. The molecule has 0 saturated heterocycles. The van der Waals surface area contributed by atoms with Crippen molar-refractivity contribution in [3.05, 3.63) is 28.3 Å². The van der Waals surface area contributed by atoms with Crippen LogP contribution in [0.2, 0.25) is 5.02 Å². The standard InChI is InChI=1S/C14H18BrClO/c1-9(2)13(15)4-3-10-7-12(16)8-11-5-6-17-14(10)11/h7-9,13H,3-6H2,1-2H3.